The molecule has 0 bridgehead atoms. The van der Waals surface area contributed by atoms with Crippen molar-refractivity contribution in [1.82, 2.24) is 4.90 Å². The van der Waals surface area contributed by atoms with Crippen molar-refractivity contribution >= 4 is 5.91 Å². The van der Waals surface area contributed by atoms with Crippen molar-refractivity contribution in [3.63, 3.8) is 0 Å². The van der Waals surface area contributed by atoms with Crippen LogP contribution in [0.15, 0.2) is 0 Å². The maximum atomic E-state index is 12.2. The standard InChI is InChI=1S/C12H22N2O/c1-2-14(11-4-3-5-11)12(15)9-6-7-10(13)8-9/h9-11H,2-8,13H2,1H3. The smallest absolute Gasteiger partial charge is 0.225 e. The summed E-state index contributed by atoms with van der Waals surface area (Å²) in [6.07, 6.45) is 6.64. The van der Waals surface area contributed by atoms with Gasteiger partial charge in [-0.15, -0.1) is 0 Å². The number of nitrogens with two attached hydrogens (primary N) is 1. The van der Waals surface area contributed by atoms with E-state index in [-0.39, 0.29) is 12.0 Å². The molecule has 0 spiro atoms. The molecule has 2 aliphatic rings. The second-order valence-electron chi connectivity index (χ2n) is 4.98. The first kappa shape index (κ1) is 10.9. The van der Waals surface area contributed by atoms with Crippen molar-refractivity contribution in [1.29, 1.82) is 0 Å². The quantitative estimate of drug-likeness (QED) is 0.767. The molecular weight excluding hydrogens is 188 g/mol. The van der Waals surface area contributed by atoms with E-state index in [4.69, 9.17) is 5.73 Å². The number of rotatable bonds is 3. The Balaban J connectivity index is 1.92. The Labute approximate surface area is 92.0 Å². The van der Waals surface area contributed by atoms with Gasteiger partial charge < -0.3 is 10.6 Å². The highest BCUT2D eigenvalue weighted by Gasteiger charge is 2.34. The molecule has 3 nitrogen and oxygen atoms in total. The molecule has 2 unspecified atom stereocenters. The van der Waals surface area contributed by atoms with Crippen LogP contribution in [0.2, 0.25) is 0 Å². The van der Waals surface area contributed by atoms with Crippen LogP contribution in [0.5, 0.6) is 0 Å². The van der Waals surface area contributed by atoms with Gasteiger partial charge in [-0.1, -0.05) is 0 Å². The molecule has 0 heterocycles. The van der Waals surface area contributed by atoms with Crippen molar-refractivity contribution in [3.05, 3.63) is 0 Å². The van der Waals surface area contributed by atoms with E-state index < -0.39 is 0 Å². The zero-order valence-electron chi connectivity index (χ0n) is 9.61. The molecule has 0 radical (unpaired) electrons. The van der Waals surface area contributed by atoms with Gasteiger partial charge in [0.25, 0.3) is 0 Å². The van der Waals surface area contributed by atoms with E-state index in [1.165, 1.54) is 19.3 Å². The molecule has 2 fully saturated rings. The van der Waals surface area contributed by atoms with Crippen LogP contribution in [0.3, 0.4) is 0 Å². The minimum absolute atomic E-state index is 0.223. The van der Waals surface area contributed by atoms with Gasteiger partial charge >= 0.3 is 0 Å². The SMILES string of the molecule is CCN(C(=O)C1CCC(N)C1)C1CCC1. The van der Waals surface area contributed by atoms with Gasteiger partial charge in [-0.05, 0) is 45.4 Å². The van der Waals surface area contributed by atoms with Gasteiger partial charge in [-0.3, -0.25) is 4.79 Å². The summed E-state index contributed by atoms with van der Waals surface area (Å²) in [7, 11) is 0. The number of amides is 1. The van der Waals surface area contributed by atoms with Crippen LogP contribution < -0.4 is 5.73 Å². The third-order valence-corrected chi connectivity index (χ3v) is 3.96. The van der Waals surface area contributed by atoms with E-state index in [2.05, 4.69) is 11.8 Å². The summed E-state index contributed by atoms with van der Waals surface area (Å²) in [5.41, 5.74) is 5.86. The van der Waals surface area contributed by atoms with Crippen LogP contribution in [0.1, 0.15) is 45.4 Å². The van der Waals surface area contributed by atoms with Gasteiger partial charge in [0.1, 0.15) is 0 Å². The first-order valence-corrected chi connectivity index (χ1v) is 6.28. The molecule has 0 aromatic rings. The number of hydrogen-bond acceptors (Lipinski definition) is 2. The predicted molar refractivity (Wildman–Crippen MR) is 60.3 cm³/mol. The molecular formula is C12H22N2O. The van der Waals surface area contributed by atoms with E-state index in [0.717, 1.165) is 25.8 Å². The summed E-state index contributed by atoms with van der Waals surface area (Å²) in [4.78, 5) is 14.3. The number of hydrogen-bond donors (Lipinski definition) is 1. The Morgan fingerprint density at radius 1 is 1.33 bits per heavy atom. The normalized spacial score (nSPS) is 31.3. The zero-order valence-corrected chi connectivity index (χ0v) is 9.61. The molecule has 2 atom stereocenters. The number of carbonyl (C=O) groups is 1. The molecule has 2 N–H and O–H groups in total. The van der Waals surface area contributed by atoms with Gasteiger partial charge in [0.2, 0.25) is 5.91 Å². The second-order valence-corrected chi connectivity index (χ2v) is 4.98. The fourth-order valence-electron chi connectivity index (χ4n) is 2.77. The highest BCUT2D eigenvalue weighted by molar-refractivity contribution is 5.79. The Kier molecular flexibility index (Phi) is 3.29. The minimum atomic E-state index is 0.223. The molecule has 2 aliphatic carbocycles. The average molecular weight is 210 g/mol. The minimum Gasteiger partial charge on any atom is -0.340 e. The molecule has 3 heteroatoms. The summed E-state index contributed by atoms with van der Waals surface area (Å²) >= 11 is 0. The van der Waals surface area contributed by atoms with E-state index in [1.54, 1.807) is 0 Å². The molecule has 1 amide bonds. The first-order valence-electron chi connectivity index (χ1n) is 6.28. The average Bonchev–Trinajstić information content (AvgIpc) is 2.57. The van der Waals surface area contributed by atoms with Crippen molar-refractivity contribution < 1.29 is 4.79 Å². The predicted octanol–water partition coefficient (Wildman–Crippen LogP) is 1.51. The lowest BCUT2D eigenvalue weighted by atomic mass is 9.90. The summed E-state index contributed by atoms with van der Waals surface area (Å²) in [5, 5.41) is 0. The Morgan fingerprint density at radius 2 is 2.07 bits per heavy atom. The van der Waals surface area contributed by atoms with E-state index >= 15 is 0 Å². The fraction of sp³-hybridized carbons (Fsp3) is 0.917. The molecule has 86 valence electrons. The highest BCUT2D eigenvalue weighted by atomic mass is 16.2. The monoisotopic (exact) mass is 210 g/mol. The third kappa shape index (κ3) is 2.17. The zero-order chi connectivity index (χ0) is 10.8. The van der Waals surface area contributed by atoms with Gasteiger partial charge in [-0.25, -0.2) is 0 Å². The van der Waals surface area contributed by atoms with E-state index in [1.807, 2.05) is 0 Å². The summed E-state index contributed by atoms with van der Waals surface area (Å²) < 4.78 is 0. The maximum absolute atomic E-state index is 12.2. The van der Waals surface area contributed by atoms with Crippen LogP contribution >= 0.6 is 0 Å². The molecule has 0 aromatic carbocycles. The Bertz CT molecular complexity index is 238. The lowest BCUT2D eigenvalue weighted by Gasteiger charge is -2.38. The first-order chi connectivity index (χ1) is 7.22. The third-order valence-electron chi connectivity index (χ3n) is 3.96. The lowest BCUT2D eigenvalue weighted by Crippen LogP contribution is -2.46. The molecule has 0 aromatic heterocycles. The van der Waals surface area contributed by atoms with Gasteiger partial charge in [0.15, 0.2) is 0 Å². The number of nitrogens with zero attached hydrogens (tertiary/aromatic N) is 1. The molecule has 0 aliphatic heterocycles. The maximum Gasteiger partial charge on any atom is 0.225 e. The number of carbonyl (C=O) groups excluding carboxylic acids is 1. The largest absolute Gasteiger partial charge is 0.340 e. The molecule has 0 saturated heterocycles. The summed E-state index contributed by atoms with van der Waals surface area (Å²) in [5.74, 6) is 0.593. The van der Waals surface area contributed by atoms with Crippen LogP contribution in [0, 0.1) is 5.92 Å². The van der Waals surface area contributed by atoms with Crippen LogP contribution in [0.25, 0.3) is 0 Å². The molecule has 15 heavy (non-hydrogen) atoms. The highest BCUT2D eigenvalue weighted by Crippen LogP contribution is 2.30. The van der Waals surface area contributed by atoms with Crippen LogP contribution in [-0.2, 0) is 4.79 Å². The Morgan fingerprint density at radius 3 is 2.47 bits per heavy atom. The molecule has 2 saturated carbocycles. The summed E-state index contributed by atoms with van der Waals surface area (Å²) in [6.45, 7) is 2.96. The fourth-order valence-corrected chi connectivity index (χ4v) is 2.77. The topological polar surface area (TPSA) is 46.3 Å². The van der Waals surface area contributed by atoms with Crippen LogP contribution in [0.4, 0.5) is 0 Å². The van der Waals surface area contributed by atoms with E-state index in [0.29, 0.717) is 11.9 Å². The van der Waals surface area contributed by atoms with Crippen molar-refractivity contribution in [3.8, 4) is 0 Å². The van der Waals surface area contributed by atoms with Crippen molar-refractivity contribution in [2.45, 2.75) is 57.5 Å². The van der Waals surface area contributed by atoms with Crippen molar-refractivity contribution in [2.75, 3.05) is 6.54 Å². The molecule has 2 rings (SSSR count). The lowest BCUT2D eigenvalue weighted by molar-refractivity contribution is -0.139. The van der Waals surface area contributed by atoms with E-state index in [9.17, 15) is 4.79 Å². The summed E-state index contributed by atoms with van der Waals surface area (Å²) in [6, 6.07) is 0.804. The van der Waals surface area contributed by atoms with Gasteiger partial charge in [-0.2, -0.15) is 0 Å². The Hall–Kier alpha value is -0.570. The van der Waals surface area contributed by atoms with Crippen molar-refractivity contribution in [2.24, 2.45) is 11.7 Å². The van der Waals surface area contributed by atoms with Gasteiger partial charge in [0.05, 0.1) is 0 Å². The van der Waals surface area contributed by atoms with Crippen LogP contribution in [-0.4, -0.2) is 29.4 Å². The van der Waals surface area contributed by atoms with Gasteiger partial charge in [0, 0.05) is 24.5 Å². The second kappa shape index (κ2) is 4.52.